The lowest BCUT2D eigenvalue weighted by atomic mass is 10.0. The zero-order valence-electron chi connectivity index (χ0n) is 13.2. The number of aryl methyl sites for hydroxylation is 4. The van der Waals surface area contributed by atoms with E-state index in [1.54, 1.807) is 0 Å². The summed E-state index contributed by atoms with van der Waals surface area (Å²) in [7, 11) is 0. The molecule has 0 aliphatic heterocycles. The summed E-state index contributed by atoms with van der Waals surface area (Å²) in [4.78, 5) is 4.36. The molecule has 1 aromatic carbocycles. The van der Waals surface area contributed by atoms with E-state index in [1.165, 1.54) is 5.56 Å². The van der Waals surface area contributed by atoms with Gasteiger partial charge in [0.05, 0.1) is 11.3 Å². The van der Waals surface area contributed by atoms with Gasteiger partial charge >= 0.3 is 0 Å². The Morgan fingerprint density at radius 1 is 1.10 bits per heavy atom. The van der Waals surface area contributed by atoms with E-state index in [0.717, 1.165) is 22.6 Å². The highest BCUT2D eigenvalue weighted by atomic mass is 16.5. The molecule has 0 saturated carbocycles. The van der Waals surface area contributed by atoms with Crippen LogP contribution in [0, 0.1) is 40.0 Å². The quantitative estimate of drug-likeness (QED) is 0.666. The number of ether oxygens (including phenoxy) is 1. The van der Waals surface area contributed by atoms with Gasteiger partial charge in [-0.3, -0.25) is 10.4 Å². The average molecular weight is 283 g/mol. The number of nitrogen functional groups attached to an aromatic ring is 1. The van der Waals surface area contributed by atoms with Gasteiger partial charge in [0.25, 0.3) is 0 Å². The predicted molar refractivity (Wildman–Crippen MR) is 85.5 cm³/mol. The number of nitrogens with one attached hydrogen (secondary N) is 1. The molecule has 3 N–H and O–H groups in total. The maximum atomic E-state index is 7.76. The largest absolute Gasteiger partial charge is 0.456 e. The first-order chi connectivity index (χ1) is 9.81. The Morgan fingerprint density at radius 2 is 1.71 bits per heavy atom. The van der Waals surface area contributed by atoms with E-state index in [9.17, 15) is 0 Å². The van der Waals surface area contributed by atoms with E-state index in [2.05, 4.69) is 18.0 Å². The van der Waals surface area contributed by atoms with E-state index in [-0.39, 0.29) is 5.84 Å². The van der Waals surface area contributed by atoms with E-state index >= 15 is 0 Å². The van der Waals surface area contributed by atoms with E-state index in [4.69, 9.17) is 15.9 Å². The Labute approximate surface area is 125 Å². The Hall–Kier alpha value is -2.36. The van der Waals surface area contributed by atoms with Crippen LogP contribution in [0.3, 0.4) is 0 Å². The molecule has 0 atom stereocenters. The molecule has 1 aromatic heterocycles. The maximum absolute atomic E-state index is 7.76. The van der Waals surface area contributed by atoms with Gasteiger partial charge in [-0.1, -0.05) is 12.1 Å². The summed E-state index contributed by atoms with van der Waals surface area (Å²) in [5.41, 5.74) is 11.1. The van der Waals surface area contributed by atoms with Gasteiger partial charge in [-0.05, 0) is 51.3 Å². The number of benzene rings is 1. The molecule has 2 aromatic rings. The molecule has 4 nitrogen and oxygen atoms in total. The van der Waals surface area contributed by atoms with Crippen molar-refractivity contribution in [1.82, 2.24) is 4.98 Å². The molecule has 0 unspecified atom stereocenters. The zero-order valence-corrected chi connectivity index (χ0v) is 13.2. The Kier molecular flexibility index (Phi) is 3.98. The lowest BCUT2D eigenvalue weighted by Gasteiger charge is -2.17. The van der Waals surface area contributed by atoms with Crippen molar-refractivity contribution in [3.63, 3.8) is 0 Å². The van der Waals surface area contributed by atoms with Crippen LogP contribution in [-0.4, -0.2) is 10.8 Å². The first kappa shape index (κ1) is 15.0. The van der Waals surface area contributed by atoms with Crippen molar-refractivity contribution in [1.29, 1.82) is 5.41 Å². The molecule has 21 heavy (non-hydrogen) atoms. The average Bonchev–Trinajstić information content (AvgIpc) is 2.38. The zero-order chi connectivity index (χ0) is 15.7. The van der Waals surface area contributed by atoms with Gasteiger partial charge in [0.15, 0.2) is 0 Å². The summed E-state index contributed by atoms with van der Waals surface area (Å²) in [6.45, 7) is 9.84. The monoisotopic (exact) mass is 283 g/mol. The summed E-state index contributed by atoms with van der Waals surface area (Å²) in [5, 5.41) is 7.76. The molecular weight excluding hydrogens is 262 g/mol. The van der Waals surface area contributed by atoms with Crippen LogP contribution < -0.4 is 10.5 Å². The molecule has 0 amide bonds. The fourth-order valence-electron chi connectivity index (χ4n) is 2.39. The van der Waals surface area contributed by atoms with Crippen LogP contribution >= 0.6 is 0 Å². The molecule has 0 bridgehead atoms. The minimum Gasteiger partial charge on any atom is -0.456 e. The van der Waals surface area contributed by atoms with Gasteiger partial charge in [0.1, 0.15) is 17.3 Å². The van der Waals surface area contributed by atoms with Crippen molar-refractivity contribution < 1.29 is 4.74 Å². The molecule has 0 spiro atoms. The molecule has 0 aliphatic carbocycles. The number of rotatable bonds is 3. The van der Waals surface area contributed by atoms with E-state index < -0.39 is 0 Å². The highest BCUT2D eigenvalue weighted by Crippen LogP contribution is 2.33. The molecule has 4 heteroatoms. The summed E-state index contributed by atoms with van der Waals surface area (Å²) >= 11 is 0. The van der Waals surface area contributed by atoms with Crippen LogP contribution in [0.5, 0.6) is 11.5 Å². The number of amidine groups is 1. The second-order valence-electron chi connectivity index (χ2n) is 5.39. The van der Waals surface area contributed by atoms with Crippen LogP contribution in [0.25, 0.3) is 0 Å². The van der Waals surface area contributed by atoms with Crippen LogP contribution in [0.2, 0.25) is 0 Å². The number of aromatic nitrogens is 1. The number of pyridine rings is 1. The molecule has 0 fully saturated rings. The summed E-state index contributed by atoms with van der Waals surface area (Å²) in [5.74, 6) is 1.38. The van der Waals surface area contributed by atoms with Gasteiger partial charge in [-0.25, -0.2) is 0 Å². The Morgan fingerprint density at radius 3 is 2.33 bits per heavy atom. The minimum atomic E-state index is -0.0297. The van der Waals surface area contributed by atoms with Crippen molar-refractivity contribution in [3.05, 3.63) is 51.8 Å². The molecular formula is C17H21N3O. The third-order valence-electron chi connectivity index (χ3n) is 3.65. The van der Waals surface area contributed by atoms with Crippen LogP contribution in [0.1, 0.15) is 33.6 Å². The number of nitrogens with two attached hydrogens (primary N) is 1. The summed E-state index contributed by atoms with van der Waals surface area (Å²) < 4.78 is 6.11. The third kappa shape index (κ3) is 2.89. The molecule has 0 radical (unpaired) electrons. The Balaban J connectivity index is 2.60. The fraction of sp³-hybridized carbons (Fsp3) is 0.294. The second kappa shape index (κ2) is 5.56. The highest BCUT2D eigenvalue weighted by molar-refractivity contribution is 5.98. The number of nitrogens with zero attached hydrogens (tertiary/aromatic N) is 1. The first-order valence-electron chi connectivity index (χ1n) is 6.88. The third-order valence-corrected chi connectivity index (χ3v) is 3.65. The van der Waals surface area contributed by atoms with Crippen molar-refractivity contribution in [2.24, 2.45) is 5.73 Å². The van der Waals surface area contributed by atoms with Crippen LogP contribution in [0.4, 0.5) is 0 Å². The standard InChI is InChI=1S/C17H21N3O/c1-9-6-7-10(2)16(12(9)4)21-14-8-11(3)20-13(5)15(14)17(18)19/h6-8H,1-5H3,(H3,18,19). The van der Waals surface area contributed by atoms with Gasteiger partial charge in [-0.15, -0.1) is 0 Å². The number of hydrogen-bond donors (Lipinski definition) is 2. The predicted octanol–water partition coefficient (Wildman–Crippen LogP) is 3.70. The number of hydrogen-bond acceptors (Lipinski definition) is 3. The van der Waals surface area contributed by atoms with E-state index in [1.807, 2.05) is 39.8 Å². The van der Waals surface area contributed by atoms with Crippen molar-refractivity contribution >= 4 is 5.84 Å². The molecule has 0 saturated heterocycles. The Bertz CT molecular complexity index is 720. The van der Waals surface area contributed by atoms with Crippen molar-refractivity contribution in [3.8, 4) is 11.5 Å². The van der Waals surface area contributed by atoms with Crippen molar-refractivity contribution in [2.45, 2.75) is 34.6 Å². The topological polar surface area (TPSA) is 72.0 Å². The maximum Gasteiger partial charge on any atom is 0.142 e. The summed E-state index contributed by atoms with van der Waals surface area (Å²) in [6, 6.07) is 5.93. The molecule has 2 rings (SSSR count). The summed E-state index contributed by atoms with van der Waals surface area (Å²) in [6.07, 6.45) is 0. The van der Waals surface area contributed by atoms with Crippen LogP contribution in [-0.2, 0) is 0 Å². The normalized spacial score (nSPS) is 10.5. The first-order valence-corrected chi connectivity index (χ1v) is 6.88. The van der Waals surface area contributed by atoms with Gasteiger partial charge in [0.2, 0.25) is 0 Å². The van der Waals surface area contributed by atoms with Crippen LogP contribution in [0.15, 0.2) is 18.2 Å². The minimum absolute atomic E-state index is 0.0297. The lowest BCUT2D eigenvalue weighted by Crippen LogP contribution is -2.15. The van der Waals surface area contributed by atoms with Gasteiger partial charge in [-0.2, -0.15) is 0 Å². The van der Waals surface area contributed by atoms with E-state index in [0.29, 0.717) is 17.0 Å². The highest BCUT2D eigenvalue weighted by Gasteiger charge is 2.16. The van der Waals surface area contributed by atoms with Gasteiger partial charge < -0.3 is 10.5 Å². The van der Waals surface area contributed by atoms with Crippen molar-refractivity contribution in [2.75, 3.05) is 0 Å². The molecule has 110 valence electrons. The lowest BCUT2D eigenvalue weighted by molar-refractivity contribution is 0.471. The SMILES string of the molecule is Cc1cc(Oc2c(C)ccc(C)c2C)c(C(=N)N)c(C)n1. The molecule has 1 heterocycles. The fourth-order valence-corrected chi connectivity index (χ4v) is 2.39. The molecule has 0 aliphatic rings. The van der Waals surface area contributed by atoms with Gasteiger partial charge in [0, 0.05) is 11.8 Å². The smallest absolute Gasteiger partial charge is 0.142 e. The second-order valence-corrected chi connectivity index (χ2v) is 5.39.